The van der Waals surface area contributed by atoms with E-state index >= 15 is 0 Å². The fourth-order valence-corrected chi connectivity index (χ4v) is 0.683. The van der Waals surface area contributed by atoms with Gasteiger partial charge in [0.1, 0.15) is 5.82 Å². The maximum atomic E-state index is 11.0. The quantitative estimate of drug-likeness (QED) is 0.573. The number of nitrogens with two attached hydrogens (primary N) is 1. The van der Waals surface area contributed by atoms with Gasteiger partial charge >= 0.3 is 0 Å². The lowest BCUT2D eigenvalue weighted by molar-refractivity contribution is 0.531. The van der Waals surface area contributed by atoms with Crippen molar-refractivity contribution in [3.05, 3.63) is 16.2 Å². The van der Waals surface area contributed by atoms with Gasteiger partial charge in [0.15, 0.2) is 0 Å². The second-order valence-corrected chi connectivity index (χ2v) is 3.64. The Balaban J connectivity index is 3.23. The largest absolute Gasteiger partial charge is 0.378 e. The van der Waals surface area contributed by atoms with Crippen molar-refractivity contribution in [1.29, 1.82) is 0 Å². The van der Waals surface area contributed by atoms with E-state index in [-0.39, 0.29) is 16.8 Å². The van der Waals surface area contributed by atoms with E-state index in [0.29, 0.717) is 5.82 Å². The minimum absolute atomic E-state index is 0.0944. The number of hydrogen-bond acceptors (Lipinski definition) is 4. The molecule has 0 bridgehead atoms. The molecule has 0 fully saturated rings. The van der Waals surface area contributed by atoms with Crippen LogP contribution in [0.1, 0.15) is 26.6 Å². The van der Waals surface area contributed by atoms with Crippen LogP contribution >= 0.6 is 0 Å². The number of nitrogen functional groups attached to an aromatic ring is 1. The van der Waals surface area contributed by atoms with Crippen LogP contribution in [-0.2, 0) is 5.41 Å². The Morgan fingerprint density at radius 1 is 1.33 bits per heavy atom. The highest BCUT2D eigenvalue weighted by Gasteiger charge is 2.17. The van der Waals surface area contributed by atoms with Crippen LogP contribution in [0.15, 0.2) is 4.79 Å². The van der Waals surface area contributed by atoms with E-state index in [4.69, 9.17) is 5.73 Å². The summed E-state index contributed by atoms with van der Waals surface area (Å²) in [6.45, 7) is 5.80. The molecule has 3 N–H and O–H groups in total. The van der Waals surface area contributed by atoms with Crippen molar-refractivity contribution < 1.29 is 0 Å². The Morgan fingerprint density at radius 2 is 1.92 bits per heavy atom. The molecule has 0 radical (unpaired) electrons. The molecule has 0 spiro atoms. The minimum atomic E-state index is -0.380. The smallest absolute Gasteiger partial charge is 0.293 e. The summed E-state index contributed by atoms with van der Waals surface area (Å²) in [5, 5.41) is 7.31. The molecule has 0 amide bonds. The highest BCUT2D eigenvalue weighted by molar-refractivity contribution is 5.21. The first kappa shape index (κ1) is 8.70. The number of aromatic amines is 1. The standard InChI is InChI=1S/C7H12N4O/c1-7(2,3)6-9-5(12)4(8)10-11-6/h1-3H3,(H2,8,10)(H,9,11,12). The van der Waals surface area contributed by atoms with Crippen LogP contribution in [-0.4, -0.2) is 15.2 Å². The molecule has 1 rings (SSSR count). The molecule has 0 unspecified atom stereocenters. The molecule has 0 aliphatic heterocycles. The maximum absolute atomic E-state index is 11.0. The summed E-state index contributed by atoms with van der Waals surface area (Å²) < 4.78 is 0. The molecular weight excluding hydrogens is 156 g/mol. The van der Waals surface area contributed by atoms with Gasteiger partial charge in [-0.3, -0.25) is 4.79 Å². The molecule has 0 aliphatic carbocycles. The maximum Gasteiger partial charge on any atom is 0.293 e. The molecular formula is C7H12N4O. The van der Waals surface area contributed by atoms with E-state index in [0.717, 1.165) is 0 Å². The average Bonchev–Trinajstić information content (AvgIpc) is 1.92. The van der Waals surface area contributed by atoms with Crippen molar-refractivity contribution in [2.45, 2.75) is 26.2 Å². The topological polar surface area (TPSA) is 84.7 Å². The second-order valence-electron chi connectivity index (χ2n) is 3.64. The SMILES string of the molecule is CC(C)(C)c1nnc(N)c(=O)[nH]1. The number of rotatable bonds is 0. The van der Waals surface area contributed by atoms with E-state index < -0.39 is 0 Å². The number of nitrogens with zero attached hydrogens (tertiary/aromatic N) is 2. The molecule has 66 valence electrons. The molecule has 0 atom stereocenters. The predicted molar refractivity (Wildman–Crippen MR) is 45.8 cm³/mol. The molecule has 1 aromatic heterocycles. The van der Waals surface area contributed by atoms with Gasteiger partial charge in [-0.25, -0.2) is 0 Å². The van der Waals surface area contributed by atoms with Crippen molar-refractivity contribution in [2.75, 3.05) is 5.73 Å². The third-order valence-corrected chi connectivity index (χ3v) is 1.43. The van der Waals surface area contributed by atoms with Gasteiger partial charge < -0.3 is 10.7 Å². The molecule has 1 heterocycles. The van der Waals surface area contributed by atoms with Gasteiger partial charge in [-0.1, -0.05) is 20.8 Å². The van der Waals surface area contributed by atoms with Crippen LogP contribution in [0.5, 0.6) is 0 Å². The Morgan fingerprint density at radius 3 is 2.33 bits per heavy atom. The summed E-state index contributed by atoms with van der Waals surface area (Å²) in [5.41, 5.74) is 4.63. The van der Waals surface area contributed by atoms with Gasteiger partial charge in [-0.2, -0.15) is 0 Å². The number of aromatic nitrogens is 3. The molecule has 0 aliphatic rings. The molecule has 1 aromatic rings. The monoisotopic (exact) mass is 168 g/mol. The lowest BCUT2D eigenvalue weighted by Crippen LogP contribution is -2.25. The zero-order chi connectivity index (χ0) is 9.35. The summed E-state index contributed by atoms with van der Waals surface area (Å²) >= 11 is 0. The lowest BCUT2D eigenvalue weighted by atomic mass is 9.96. The summed E-state index contributed by atoms with van der Waals surface area (Å²) in [6, 6.07) is 0. The minimum Gasteiger partial charge on any atom is -0.378 e. The van der Waals surface area contributed by atoms with Crippen LogP contribution in [0.4, 0.5) is 5.82 Å². The van der Waals surface area contributed by atoms with Gasteiger partial charge in [0.25, 0.3) is 5.56 Å². The number of nitrogens with one attached hydrogen (secondary N) is 1. The van der Waals surface area contributed by atoms with Gasteiger partial charge in [0.05, 0.1) is 0 Å². The third kappa shape index (κ3) is 1.61. The Kier molecular flexibility index (Phi) is 1.87. The summed E-state index contributed by atoms with van der Waals surface area (Å²) in [6.07, 6.45) is 0. The Labute approximate surface area is 70.0 Å². The first-order chi connectivity index (χ1) is 5.41. The molecule has 5 nitrogen and oxygen atoms in total. The van der Waals surface area contributed by atoms with Crippen molar-refractivity contribution in [3.63, 3.8) is 0 Å². The van der Waals surface area contributed by atoms with Crippen molar-refractivity contribution in [1.82, 2.24) is 15.2 Å². The highest BCUT2D eigenvalue weighted by atomic mass is 16.1. The number of H-pyrrole nitrogens is 1. The molecule has 12 heavy (non-hydrogen) atoms. The Hall–Kier alpha value is -1.39. The van der Waals surface area contributed by atoms with E-state index in [1.165, 1.54) is 0 Å². The first-order valence-electron chi connectivity index (χ1n) is 3.64. The molecule has 0 aromatic carbocycles. The molecule has 5 heteroatoms. The third-order valence-electron chi connectivity index (χ3n) is 1.43. The van der Waals surface area contributed by atoms with E-state index in [1.54, 1.807) is 0 Å². The van der Waals surface area contributed by atoms with E-state index in [9.17, 15) is 4.79 Å². The van der Waals surface area contributed by atoms with Crippen LogP contribution in [0, 0.1) is 0 Å². The van der Waals surface area contributed by atoms with Gasteiger partial charge in [-0.15, -0.1) is 10.2 Å². The van der Waals surface area contributed by atoms with Crippen molar-refractivity contribution in [2.24, 2.45) is 0 Å². The van der Waals surface area contributed by atoms with Gasteiger partial charge in [0.2, 0.25) is 5.82 Å². The number of anilines is 1. The first-order valence-corrected chi connectivity index (χ1v) is 3.64. The normalized spacial score (nSPS) is 11.6. The predicted octanol–water partition coefficient (Wildman–Crippen LogP) is 0.0446. The fourth-order valence-electron chi connectivity index (χ4n) is 0.683. The second kappa shape index (κ2) is 2.58. The summed E-state index contributed by atoms with van der Waals surface area (Å²) in [7, 11) is 0. The fraction of sp³-hybridized carbons (Fsp3) is 0.571. The summed E-state index contributed by atoms with van der Waals surface area (Å²) in [4.78, 5) is 13.6. The van der Waals surface area contributed by atoms with Crippen LogP contribution in [0.25, 0.3) is 0 Å². The van der Waals surface area contributed by atoms with Gasteiger partial charge in [-0.05, 0) is 0 Å². The zero-order valence-electron chi connectivity index (χ0n) is 7.38. The summed E-state index contributed by atoms with van der Waals surface area (Å²) in [5.74, 6) is 0.449. The van der Waals surface area contributed by atoms with E-state index in [1.807, 2.05) is 20.8 Å². The number of hydrogen-bond donors (Lipinski definition) is 2. The lowest BCUT2D eigenvalue weighted by Gasteiger charge is -2.15. The van der Waals surface area contributed by atoms with Crippen molar-refractivity contribution in [3.8, 4) is 0 Å². The van der Waals surface area contributed by atoms with Crippen molar-refractivity contribution >= 4 is 5.82 Å². The molecule has 0 saturated carbocycles. The van der Waals surface area contributed by atoms with Crippen LogP contribution in [0.3, 0.4) is 0 Å². The van der Waals surface area contributed by atoms with Crippen LogP contribution < -0.4 is 11.3 Å². The average molecular weight is 168 g/mol. The van der Waals surface area contributed by atoms with Crippen LogP contribution in [0.2, 0.25) is 0 Å². The van der Waals surface area contributed by atoms with E-state index in [2.05, 4.69) is 15.2 Å². The van der Waals surface area contributed by atoms with Gasteiger partial charge in [0, 0.05) is 5.41 Å². The highest BCUT2D eigenvalue weighted by Crippen LogP contribution is 2.15. The zero-order valence-corrected chi connectivity index (χ0v) is 7.38. The molecule has 0 saturated heterocycles. The Bertz CT molecular complexity index is 336.